The fourth-order valence-corrected chi connectivity index (χ4v) is 3.35. The molecule has 0 N–H and O–H groups in total. The number of nitrogens with zero attached hydrogens (tertiary/aromatic N) is 4. The van der Waals surface area contributed by atoms with Gasteiger partial charge in [0.05, 0.1) is 4.47 Å². The Morgan fingerprint density at radius 1 is 1.24 bits per heavy atom. The summed E-state index contributed by atoms with van der Waals surface area (Å²) < 4.78 is 1.00. The third-order valence-corrected chi connectivity index (χ3v) is 4.33. The zero-order valence-corrected chi connectivity index (χ0v) is 11.4. The lowest BCUT2D eigenvalue weighted by molar-refractivity contribution is 0.260. The highest BCUT2D eigenvalue weighted by Gasteiger charge is 2.30. The summed E-state index contributed by atoms with van der Waals surface area (Å²) in [6.07, 6.45) is 7.45. The molecule has 17 heavy (non-hydrogen) atoms. The van der Waals surface area contributed by atoms with Gasteiger partial charge >= 0.3 is 0 Å². The maximum atomic E-state index is 4.37. The first-order chi connectivity index (χ1) is 8.34. The van der Waals surface area contributed by atoms with Crippen LogP contribution in [0.1, 0.15) is 19.3 Å². The van der Waals surface area contributed by atoms with E-state index in [1.807, 2.05) is 6.20 Å². The van der Waals surface area contributed by atoms with Gasteiger partial charge in [-0.1, -0.05) is 0 Å². The van der Waals surface area contributed by atoms with Crippen LogP contribution in [0.25, 0.3) is 0 Å². The summed E-state index contributed by atoms with van der Waals surface area (Å²) in [5, 5.41) is 0. The van der Waals surface area contributed by atoms with Gasteiger partial charge in [-0.05, 0) is 48.3 Å². The Hall–Kier alpha value is -0.680. The molecule has 1 atom stereocenters. The lowest BCUT2D eigenvalue weighted by Crippen LogP contribution is -2.35. The van der Waals surface area contributed by atoms with E-state index in [1.54, 1.807) is 6.33 Å². The van der Waals surface area contributed by atoms with Gasteiger partial charge in [-0.25, -0.2) is 9.97 Å². The standard InChI is InChI=1S/C12H17BrN4/c13-11-7-14-9-15-12(11)17-6-3-10(8-17)16-4-1-2-5-16/h7,9-10H,1-6,8H2. The second-order valence-electron chi connectivity index (χ2n) is 4.83. The zero-order valence-electron chi connectivity index (χ0n) is 9.85. The molecular weight excluding hydrogens is 280 g/mol. The largest absolute Gasteiger partial charge is 0.354 e. The molecule has 0 aromatic carbocycles. The number of anilines is 1. The highest BCUT2D eigenvalue weighted by atomic mass is 79.9. The number of aromatic nitrogens is 2. The molecule has 0 bridgehead atoms. The molecule has 1 aromatic rings. The molecule has 2 fully saturated rings. The molecule has 1 unspecified atom stereocenters. The number of likely N-dealkylation sites (tertiary alicyclic amines) is 1. The maximum Gasteiger partial charge on any atom is 0.146 e. The highest BCUT2D eigenvalue weighted by molar-refractivity contribution is 9.10. The fourth-order valence-electron chi connectivity index (χ4n) is 2.88. The van der Waals surface area contributed by atoms with Crippen LogP contribution in [0.4, 0.5) is 5.82 Å². The molecule has 92 valence electrons. The molecule has 1 aromatic heterocycles. The molecule has 0 aliphatic carbocycles. The minimum atomic E-state index is 0.722. The van der Waals surface area contributed by atoms with Crippen LogP contribution in [-0.4, -0.2) is 47.1 Å². The average molecular weight is 297 g/mol. The van der Waals surface area contributed by atoms with E-state index in [2.05, 4.69) is 35.7 Å². The van der Waals surface area contributed by atoms with Crippen molar-refractivity contribution in [2.24, 2.45) is 0 Å². The summed E-state index contributed by atoms with van der Waals surface area (Å²) >= 11 is 3.53. The van der Waals surface area contributed by atoms with Gasteiger partial charge in [0.25, 0.3) is 0 Å². The van der Waals surface area contributed by atoms with Crippen molar-refractivity contribution >= 4 is 21.7 Å². The van der Waals surface area contributed by atoms with Gasteiger partial charge in [-0.2, -0.15) is 0 Å². The summed E-state index contributed by atoms with van der Waals surface area (Å²) in [5.41, 5.74) is 0. The van der Waals surface area contributed by atoms with E-state index >= 15 is 0 Å². The Kier molecular flexibility index (Phi) is 3.29. The molecule has 2 saturated heterocycles. The molecule has 0 spiro atoms. The first kappa shape index (κ1) is 11.4. The van der Waals surface area contributed by atoms with Crippen LogP contribution in [0.15, 0.2) is 17.0 Å². The monoisotopic (exact) mass is 296 g/mol. The van der Waals surface area contributed by atoms with Crippen LogP contribution in [0.5, 0.6) is 0 Å². The van der Waals surface area contributed by atoms with Crippen molar-refractivity contribution in [3.63, 3.8) is 0 Å². The van der Waals surface area contributed by atoms with Gasteiger partial charge in [-0.3, -0.25) is 4.90 Å². The van der Waals surface area contributed by atoms with Crippen LogP contribution < -0.4 is 4.90 Å². The van der Waals surface area contributed by atoms with E-state index in [0.29, 0.717) is 0 Å². The van der Waals surface area contributed by atoms with Crippen molar-refractivity contribution in [3.05, 3.63) is 17.0 Å². The summed E-state index contributed by atoms with van der Waals surface area (Å²) in [4.78, 5) is 13.4. The van der Waals surface area contributed by atoms with Crippen LogP contribution in [-0.2, 0) is 0 Å². The van der Waals surface area contributed by atoms with Crippen LogP contribution in [0, 0.1) is 0 Å². The van der Waals surface area contributed by atoms with Crippen LogP contribution in [0.3, 0.4) is 0 Å². The van der Waals surface area contributed by atoms with Crippen LogP contribution >= 0.6 is 15.9 Å². The van der Waals surface area contributed by atoms with E-state index < -0.39 is 0 Å². The van der Waals surface area contributed by atoms with Gasteiger partial charge in [0.1, 0.15) is 12.1 Å². The second kappa shape index (κ2) is 4.90. The summed E-state index contributed by atoms with van der Waals surface area (Å²) in [6.45, 7) is 4.78. The highest BCUT2D eigenvalue weighted by Crippen LogP contribution is 2.28. The molecule has 0 radical (unpaired) electrons. The second-order valence-corrected chi connectivity index (χ2v) is 5.68. The molecular formula is C12H17BrN4. The number of rotatable bonds is 2. The van der Waals surface area contributed by atoms with Gasteiger partial charge in [-0.15, -0.1) is 0 Å². The van der Waals surface area contributed by atoms with E-state index in [-0.39, 0.29) is 0 Å². The Morgan fingerprint density at radius 3 is 2.82 bits per heavy atom. The fraction of sp³-hybridized carbons (Fsp3) is 0.667. The first-order valence-electron chi connectivity index (χ1n) is 6.29. The maximum absolute atomic E-state index is 4.37. The van der Waals surface area contributed by atoms with Crippen molar-refractivity contribution in [3.8, 4) is 0 Å². The molecule has 4 nitrogen and oxygen atoms in total. The summed E-state index contributed by atoms with van der Waals surface area (Å²) in [5.74, 6) is 1.04. The van der Waals surface area contributed by atoms with E-state index in [4.69, 9.17) is 0 Å². The Bertz CT molecular complexity index is 392. The van der Waals surface area contributed by atoms with E-state index in [9.17, 15) is 0 Å². The van der Waals surface area contributed by atoms with Gasteiger partial charge in [0.2, 0.25) is 0 Å². The van der Waals surface area contributed by atoms with E-state index in [0.717, 1.165) is 29.4 Å². The summed E-state index contributed by atoms with van der Waals surface area (Å²) in [6, 6.07) is 0.722. The predicted molar refractivity (Wildman–Crippen MR) is 71.2 cm³/mol. The minimum absolute atomic E-state index is 0.722. The Labute approximate surface area is 110 Å². The number of hydrogen-bond acceptors (Lipinski definition) is 4. The van der Waals surface area contributed by atoms with E-state index in [1.165, 1.54) is 32.4 Å². The third kappa shape index (κ3) is 2.31. The lowest BCUT2D eigenvalue weighted by Gasteiger charge is -2.24. The molecule has 0 amide bonds. The molecule has 3 heterocycles. The predicted octanol–water partition coefficient (Wildman–Crippen LogP) is 1.91. The van der Waals surface area contributed by atoms with Crippen LogP contribution in [0.2, 0.25) is 0 Å². The Balaban J connectivity index is 1.69. The normalized spacial score (nSPS) is 25.7. The molecule has 0 saturated carbocycles. The van der Waals surface area contributed by atoms with Gasteiger partial charge in [0.15, 0.2) is 0 Å². The molecule has 2 aliphatic heterocycles. The quantitative estimate of drug-likeness (QED) is 0.835. The van der Waals surface area contributed by atoms with Gasteiger partial charge < -0.3 is 4.90 Å². The first-order valence-corrected chi connectivity index (χ1v) is 7.08. The average Bonchev–Trinajstić information content (AvgIpc) is 3.00. The smallest absolute Gasteiger partial charge is 0.146 e. The van der Waals surface area contributed by atoms with Crippen molar-refractivity contribution in [1.82, 2.24) is 14.9 Å². The van der Waals surface area contributed by atoms with Crippen molar-refractivity contribution in [2.75, 3.05) is 31.1 Å². The third-order valence-electron chi connectivity index (χ3n) is 3.77. The Morgan fingerprint density at radius 2 is 2.06 bits per heavy atom. The SMILES string of the molecule is Brc1cncnc1N1CCC(N2CCCC2)C1. The van der Waals surface area contributed by atoms with Crippen molar-refractivity contribution in [2.45, 2.75) is 25.3 Å². The number of hydrogen-bond donors (Lipinski definition) is 0. The van der Waals surface area contributed by atoms with Crippen molar-refractivity contribution < 1.29 is 0 Å². The lowest BCUT2D eigenvalue weighted by atomic mass is 10.2. The number of halogens is 1. The summed E-state index contributed by atoms with van der Waals surface area (Å²) in [7, 11) is 0. The van der Waals surface area contributed by atoms with Gasteiger partial charge in [0, 0.05) is 25.3 Å². The molecule has 3 rings (SSSR count). The molecule has 2 aliphatic rings. The topological polar surface area (TPSA) is 32.3 Å². The van der Waals surface area contributed by atoms with Crippen molar-refractivity contribution in [1.29, 1.82) is 0 Å². The minimum Gasteiger partial charge on any atom is -0.354 e. The zero-order chi connectivity index (χ0) is 11.7. The molecule has 5 heteroatoms.